The number of nitrogens with one attached hydrogen (secondary N) is 1. The molecule has 1 aromatic carbocycles. The Bertz CT molecular complexity index is 1030. The fourth-order valence-corrected chi connectivity index (χ4v) is 3.04. The lowest BCUT2D eigenvalue weighted by Crippen LogP contribution is -2.16. The van der Waals surface area contributed by atoms with Crippen molar-refractivity contribution in [3.05, 3.63) is 56.9 Å². The number of fused-ring (bicyclic) bond motifs is 1. The minimum Gasteiger partial charge on any atom is -0.320 e. The van der Waals surface area contributed by atoms with Gasteiger partial charge in [0.05, 0.1) is 4.47 Å². The van der Waals surface area contributed by atoms with E-state index in [-0.39, 0.29) is 21.5 Å². The number of benzene rings is 1. The van der Waals surface area contributed by atoms with Gasteiger partial charge >= 0.3 is 6.18 Å². The lowest BCUT2D eigenvalue weighted by Gasteiger charge is -2.09. The molecule has 0 unspecified atom stereocenters. The number of nitrogens with zero attached hydrogens (tertiary/aromatic N) is 3. The summed E-state index contributed by atoms with van der Waals surface area (Å²) < 4.78 is 40.6. The Labute approximate surface area is 155 Å². The molecule has 1 amide bonds. The number of hydrogen-bond acceptors (Lipinski definition) is 3. The van der Waals surface area contributed by atoms with Crippen molar-refractivity contribution in [1.29, 1.82) is 0 Å². The van der Waals surface area contributed by atoms with Gasteiger partial charge in [-0.1, -0.05) is 12.1 Å². The molecule has 0 aliphatic heterocycles. The Morgan fingerprint density at radius 1 is 1.23 bits per heavy atom. The predicted molar refractivity (Wildman–Crippen MR) is 94.3 cm³/mol. The molecule has 2 aromatic heterocycles. The van der Waals surface area contributed by atoms with Crippen LogP contribution in [0.2, 0.25) is 0 Å². The van der Waals surface area contributed by atoms with Crippen LogP contribution in [0, 0.1) is 20.8 Å². The SMILES string of the molecule is Cc1cc(C(F)(F)F)n2nc(C(=O)Nc3cccc(C)c3C)c(Br)c2n1. The molecule has 9 heteroatoms. The molecule has 3 rings (SSSR count). The van der Waals surface area contributed by atoms with E-state index in [0.717, 1.165) is 17.2 Å². The highest BCUT2D eigenvalue weighted by atomic mass is 79.9. The molecule has 0 bridgehead atoms. The summed E-state index contributed by atoms with van der Waals surface area (Å²) in [5, 5.41) is 6.53. The van der Waals surface area contributed by atoms with Crippen LogP contribution in [0.15, 0.2) is 28.7 Å². The maximum Gasteiger partial charge on any atom is 0.433 e. The van der Waals surface area contributed by atoms with Crippen molar-refractivity contribution in [3.8, 4) is 0 Å². The third-order valence-corrected chi connectivity index (χ3v) is 4.75. The van der Waals surface area contributed by atoms with Gasteiger partial charge in [0.25, 0.3) is 5.91 Å². The molecule has 0 aliphatic carbocycles. The number of amides is 1. The quantitative estimate of drug-likeness (QED) is 0.646. The predicted octanol–water partition coefficient (Wildman–Crippen LogP) is 4.69. The average molecular weight is 427 g/mol. The molecule has 0 atom stereocenters. The van der Waals surface area contributed by atoms with Gasteiger partial charge in [0.2, 0.25) is 0 Å². The van der Waals surface area contributed by atoms with E-state index in [2.05, 4.69) is 31.3 Å². The first-order chi connectivity index (χ1) is 12.1. The van der Waals surface area contributed by atoms with E-state index < -0.39 is 17.8 Å². The van der Waals surface area contributed by atoms with E-state index in [1.54, 1.807) is 12.1 Å². The second-order valence-electron chi connectivity index (χ2n) is 5.88. The van der Waals surface area contributed by atoms with Crippen LogP contribution in [0.1, 0.15) is 33.0 Å². The fourth-order valence-electron chi connectivity index (χ4n) is 2.53. The molecular formula is C17H14BrF3N4O. The van der Waals surface area contributed by atoms with Crippen LogP contribution in [0.4, 0.5) is 18.9 Å². The Morgan fingerprint density at radius 2 is 1.92 bits per heavy atom. The lowest BCUT2D eigenvalue weighted by atomic mass is 10.1. The largest absolute Gasteiger partial charge is 0.433 e. The molecule has 1 N–H and O–H groups in total. The third-order valence-electron chi connectivity index (χ3n) is 4.02. The minimum atomic E-state index is -4.63. The summed E-state index contributed by atoms with van der Waals surface area (Å²) in [5.41, 5.74) is 1.36. The number of carbonyl (C=O) groups is 1. The molecule has 26 heavy (non-hydrogen) atoms. The Morgan fingerprint density at radius 3 is 2.58 bits per heavy atom. The number of halogens is 4. The third kappa shape index (κ3) is 3.18. The highest BCUT2D eigenvalue weighted by Crippen LogP contribution is 2.32. The lowest BCUT2D eigenvalue weighted by molar-refractivity contribution is -0.142. The molecule has 136 valence electrons. The fraction of sp³-hybridized carbons (Fsp3) is 0.235. The van der Waals surface area contributed by atoms with Gasteiger partial charge in [0.15, 0.2) is 11.3 Å². The van der Waals surface area contributed by atoms with Crippen molar-refractivity contribution in [2.75, 3.05) is 5.32 Å². The number of carbonyl (C=O) groups excluding carboxylic acids is 1. The molecule has 3 aromatic rings. The van der Waals surface area contributed by atoms with Crippen molar-refractivity contribution >= 4 is 33.2 Å². The van der Waals surface area contributed by atoms with Crippen LogP contribution in [0.5, 0.6) is 0 Å². The van der Waals surface area contributed by atoms with Gasteiger partial charge in [-0.3, -0.25) is 4.79 Å². The van der Waals surface area contributed by atoms with E-state index in [1.807, 2.05) is 19.9 Å². The van der Waals surface area contributed by atoms with Crippen LogP contribution < -0.4 is 5.32 Å². The first-order valence-corrected chi connectivity index (χ1v) is 8.39. The summed E-state index contributed by atoms with van der Waals surface area (Å²) >= 11 is 3.16. The topological polar surface area (TPSA) is 59.3 Å². The van der Waals surface area contributed by atoms with Crippen LogP contribution in [-0.4, -0.2) is 20.5 Å². The minimum absolute atomic E-state index is 0.0663. The summed E-state index contributed by atoms with van der Waals surface area (Å²) in [6.45, 7) is 5.19. The zero-order valence-electron chi connectivity index (χ0n) is 14.1. The van der Waals surface area contributed by atoms with Crippen LogP contribution in [0.3, 0.4) is 0 Å². The van der Waals surface area contributed by atoms with Crippen molar-refractivity contribution in [2.24, 2.45) is 0 Å². The van der Waals surface area contributed by atoms with Gasteiger partial charge < -0.3 is 5.32 Å². The van der Waals surface area contributed by atoms with E-state index in [1.165, 1.54) is 6.92 Å². The second-order valence-corrected chi connectivity index (χ2v) is 6.67. The van der Waals surface area contributed by atoms with Gasteiger partial charge in [0.1, 0.15) is 5.69 Å². The molecule has 0 saturated heterocycles. The smallest absolute Gasteiger partial charge is 0.320 e. The summed E-state index contributed by atoms with van der Waals surface area (Å²) in [6, 6.07) is 6.28. The summed E-state index contributed by atoms with van der Waals surface area (Å²) in [4.78, 5) is 16.7. The summed E-state index contributed by atoms with van der Waals surface area (Å²) in [5.74, 6) is -0.623. The number of alkyl halides is 3. The second kappa shape index (κ2) is 6.39. The first kappa shape index (κ1) is 18.4. The monoisotopic (exact) mass is 426 g/mol. The number of hydrogen-bond donors (Lipinski definition) is 1. The van der Waals surface area contributed by atoms with Crippen LogP contribution in [0.25, 0.3) is 5.65 Å². The van der Waals surface area contributed by atoms with Gasteiger partial charge in [-0.2, -0.15) is 18.3 Å². The summed E-state index contributed by atoms with van der Waals surface area (Å²) in [6.07, 6.45) is -4.63. The first-order valence-electron chi connectivity index (χ1n) is 7.60. The molecule has 0 fully saturated rings. The maximum absolute atomic E-state index is 13.3. The number of rotatable bonds is 2. The molecule has 2 heterocycles. The highest BCUT2D eigenvalue weighted by molar-refractivity contribution is 9.10. The van der Waals surface area contributed by atoms with Gasteiger partial charge in [0, 0.05) is 11.4 Å². The normalized spacial score (nSPS) is 11.8. The van der Waals surface area contributed by atoms with E-state index in [0.29, 0.717) is 10.2 Å². The van der Waals surface area contributed by atoms with Crippen molar-refractivity contribution in [2.45, 2.75) is 26.9 Å². The maximum atomic E-state index is 13.3. The zero-order valence-corrected chi connectivity index (χ0v) is 15.7. The van der Waals surface area contributed by atoms with Crippen molar-refractivity contribution < 1.29 is 18.0 Å². The van der Waals surface area contributed by atoms with Gasteiger partial charge in [-0.25, -0.2) is 9.50 Å². The number of aromatic nitrogens is 3. The number of aryl methyl sites for hydroxylation is 2. The number of anilines is 1. The van der Waals surface area contributed by atoms with Crippen molar-refractivity contribution in [3.63, 3.8) is 0 Å². The Balaban J connectivity index is 2.10. The molecule has 5 nitrogen and oxygen atoms in total. The van der Waals surface area contributed by atoms with Gasteiger partial charge in [-0.15, -0.1) is 0 Å². The molecule has 0 saturated carbocycles. The molecule has 0 spiro atoms. The highest BCUT2D eigenvalue weighted by Gasteiger charge is 2.36. The molecular weight excluding hydrogens is 413 g/mol. The molecule has 0 radical (unpaired) electrons. The molecule has 0 aliphatic rings. The average Bonchev–Trinajstić information content (AvgIpc) is 2.87. The van der Waals surface area contributed by atoms with Crippen LogP contribution in [-0.2, 0) is 6.18 Å². The van der Waals surface area contributed by atoms with E-state index in [9.17, 15) is 18.0 Å². The standard InChI is InChI=1S/C17H14BrF3N4O/c1-8-5-4-6-11(10(8)3)23-16(26)14-13(18)15-22-9(2)7-12(17(19,20)21)25(15)24-14/h4-7H,1-3H3,(H,23,26). The van der Waals surface area contributed by atoms with Crippen LogP contribution >= 0.6 is 15.9 Å². The zero-order chi connectivity index (χ0) is 19.2. The Hall–Kier alpha value is -2.42. The Kier molecular flexibility index (Phi) is 4.51. The van der Waals surface area contributed by atoms with E-state index >= 15 is 0 Å². The van der Waals surface area contributed by atoms with Crippen molar-refractivity contribution in [1.82, 2.24) is 14.6 Å². The summed E-state index contributed by atoms with van der Waals surface area (Å²) in [7, 11) is 0. The van der Waals surface area contributed by atoms with E-state index in [4.69, 9.17) is 0 Å². The van der Waals surface area contributed by atoms with Gasteiger partial charge in [-0.05, 0) is 60.0 Å².